The van der Waals surface area contributed by atoms with Crippen LogP contribution in [0, 0.1) is 0 Å². The quantitative estimate of drug-likeness (QED) is 0.325. The van der Waals surface area contributed by atoms with Gasteiger partial charge in [-0.05, 0) is 64.2 Å². The van der Waals surface area contributed by atoms with Crippen molar-refractivity contribution in [3.8, 4) is 11.1 Å². The van der Waals surface area contributed by atoms with E-state index in [9.17, 15) is 4.79 Å². The number of anilines is 1. The molecule has 1 amide bonds. The first kappa shape index (κ1) is 24.9. The van der Waals surface area contributed by atoms with Crippen LogP contribution in [0.25, 0.3) is 21.9 Å². The first-order valence-corrected chi connectivity index (χ1v) is 11.9. The molecule has 0 bridgehead atoms. The third kappa shape index (κ3) is 6.09. The third-order valence-corrected chi connectivity index (χ3v) is 6.54. The number of nitrogens with one attached hydrogen (secondary N) is 2. The molecule has 4 aromatic carbocycles. The van der Waals surface area contributed by atoms with Crippen LogP contribution < -0.4 is 10.6 Å². The molecular formula is C30H31ClN2O2. The van der Waals surface area contributed by atoms with Gasteiger partial charge in [-0.2, -0.15) is 0 Å². The van der Waals surface area contributed by atoms with Crippen molar-refractivity contribution in [3.63, 3.8) is 0 Å². The van der Waals surface area contributed by atoms with E-state index in [0.29, 0.717) is 12.5 Å². The lowest BCUT2D eigenvalue weighted by molar-refractivity contribution is -0.114. The van der Waals surface area contributed by atoms with Gasteiger partial charge >= 0.3 is 0 Å². The van der Waals surface area contributed by atoms with Gasteiger partial charge in [0, 0.05) is 25.1 Å². The molecule has 0 radical (unpaired) electrons. The predicted octanol–water partition coefficient (Wildman–Crippen LogP) is 6.55. The Balaban J connectivity index is 0.00000289. The minimum Gasteiger partial charge on any atom is -0.372 e. The number of benzene rings is 4. The van der Waals surface area contributed by atoms with Crippen molar-refractivity contribution in [3.05, 3.63) is 102 Å². The van der Waals surface area contributed by atoms with Gasteiger partial charge in [-0.3, -0.25) is 4.79 Å². The zero-order chi connectivity index (χ0) is 23.3. The average molecular weight is 487 g/mol. The molecule has 0 aliphatic carbocycles. The van der Waals surface area contributed by atoms with Crippen molar-refractivity contribution in [1.29, 1.82) is 0 Å². The fourth-order valence-electron chi connectivity index (χ4n) is 4.85. The Morgan fingerprint density at radius 2 is 1.69 bits per heavy atom. The van der Waals surface area contributed by atoms with Gasteiger partial charge in [-0.25, -0.2) is 0 Å². The molecule has 1 aliphatic heterocycles. The molecule has 1 aliphatic rings. The molecule has 2 N–H and O–H groups in total. The first-order valence-electron chi connectivity index (χ1n) is 11.9. The van der Waals surface area contributed by atoms with Crippen LogP contribution in [-0.4, -0.2) is 25.1 Å². The Morgan fingerprint density at radius 3 is 2.51 bits per heavy atom. The van der Waals surface area contributed by atoms with E-state index in [2.05, 4.69) is 83.4 Å². The molecule has 2 unspecified atom stereocenters. The van der Waals surface area contributed by atoms with Crippen LogP contribution in [0.3, 0.4) is 0 Å². The summed E-state index contributed by atoms with van der Waals surface area (Å²) in [7, 11) is 0. The maximum absolute atomic E-state index is 11.5. The molecule has 4 aromatic rings. The predicted molar refractivity (Wildman–Crippen MR) is 146 cm³/mol. The van der Waals surface area contributed by atoms with E-state index < -0.39 is 0 Å². The lowest BCUT2D eigenvalue weighted by Crippen LogP contribution is -2.41. The number of hydrogen-bond donors (Lipinski definition) is 2. The zero-order valence-corrected chi connectivity index (χ0v) is 20.7. The summed E-state index contributed by atoms with van der Waals surface area (Å²) < 4.78 is 6.48. The molecule has 1 heterocycles. The molecule has 0 saturated carbocycles. The van der Waals surface area contributed by atoms with Crippen molar-refractivity contribution in [2.45, 2.75) is 32.0 Å². The van der Waals surface area contributed by atoms with E-state index >= 15 is 0 Å². The van der Waals surface area contributed by atoms with Crippen molar-refractivity contribution in [2.24, 2.45) is 0 Å². The van der Waals surface area contributed by atoms with E-state index in [0.717, 1.165) is 36.3 Å². The van der Waals surface area contributed by atoms with E-state index in [1.54, 1.807) is 0 Å². The summed E-state index contributed by atoms with van der Waals surface area (Å²) in [6, 6.07) is 31.7. The Hall–Kier alpha value is -3.18. The van der Waals surface area contributed by atoms with Gasteiger partial charge in [0.15, 0.2) is 0 Å². The number of amides is 1. The lowest BCUT2D eigenvalue weighted by Gasteiger charge is -2.33. The summed E-state index contributed by atoms with van der Waals surface area (Å²) >= 11 is 0. The largest absolute Gasteiger partial charge is 0.372 e. The SMILES string of the molecule is CC(=O)Nc1cccc(-c2cccc(C3CCNCC3OCc3ccc4ccccc4c3)c2)c1.Cl. The Labute approximate surface area is 213 Å². The van der Waals surface area contributed by atoms with Crippen LogP contribution in [0.15, 0.2) is 91.0 Å². The van der Waals surface area contributed by atoms with E-state index in [1.807, 2.05) is 18.2 Å². The second-order valence-electron chi connectivity index (χ2n) is 9.02. The Kier molecular flexibility index (Phi) is 8.19. The highest BCUT2D eigenvalue weighted by Crippen LogP contribution is 2.32. The second-order valence-corrected chi connectivity index (χ2v) is 9.02. The molecule has 5 heteroatoms. The van der Waals surface area contributed by atoms with Crippen LogP contribution in [0.1, 0.15) is 30.4 Å². The normalized spacial score (nSPS) is 17.5. The van der Waals surface area contributed by atoms with Crippen molar-refractivity contribution >= 4 is 34.8 Å². The zero-order valence-electron chi connectivity index (χ0n) is 19.9. The Bertz CT molecular complexity index is 1310. The first-order chi connectivity index (χ1) is 16.7. The molecular weight excluding hydrogens is 456 g/mol. The van der Waals surface area contributed by atoms with Crippen LogP contribution in [0.5, 0.6) is 0 Å². The number of ether oxygens (including phenoxy) is 1. The van der Waals surface area contributed by atoms with E-state index in [-0.39, 0.29) is 24.4 Å². The fourth-order valence-corrected chi connectivity index (χ4v) is 4.85. The van der Waals surface area contributed by atoms with Crippen LogP contribution in [0.4, 0.5) is 5.69 Å². The summed E-state index contributed by atoms with van der Waals surface area (Å²) in [4.78, 5) is 11.5. The van der Waals surface area contributed by atoms with Crippen LogP contribution in [-0.2, 0) is 16.1 Å². The summed E-state index contributed by atoms with van der Waals surface area (Å²) in [5, 5.41) is 8.88. The van der Waals surface area contributed by atoms with Crippen molar-refractivity contribution in [2.75, 3.05) is 18.4 Å². The van der Waals surface area contributed by atoms with Crippen LogP contribution in [0.2, 0.25) is 0 Å². The minimum atomic E-state index is -0.0630. The third-order valence-electron chi connectivity index (χ3n) is 6.54. The maximum atomic E-state index is 11.5. The topological polar surface area (TPSA) is 50.4 Å². The molecule has 0 spiro atoms. The number of rotatable bonds is 6. The number of hydrogen-bond acceptors (Lipinski definition) is 3. The summed E-state index contributed by atoms with van der Waals surface area (Å²) in [6.07, 6.45) is 1.15. The molecule has 1 saturated heterocycles. The lowest BCUT2D eigenvalue weighted by atomic mass is 9.86. The van der Waals surface area contributed by atoms with Gasteiger partial charge in [0.05, 0.1) is 12.7 Å². The van der Waals surface area contributed by atoms with Gasteiger partial charge in [0.2, 0.25) is 5.91 Å². The molecule has 5 rings (SSSR count). The highest BCUT2D eigenvalue weighted by molar-refractivity contribution is 5.89. The maximum Gasteiger partial charge on any atom is 0.221 e. The van der Waals surface area contributed by atoms with Gasteiger partial charge < -0.3 is 15.4 Å². The number of carbonyl (C=O) groups is 1. The molecule has 0 aromatic heterocycles. The summed E-state index contributed by atoms with van der Waals surface area (Å²) in [6.45, 7) is 3.97. The number of halogens is 1. The molecule has 2 atom stereocenters. The molecule has 180 valence electrons. The number of piperidine rings is 1. The van der Waals surface area contributed by atoms with Gasteiger partial charge in [-0.1, -0.05) is 72.8 Å². The average Bonchev–Trinajstić information content (AvgIpc) is 2.87. The van der Waals surface area contributed by atoms with Crippen molar-refractivity contribution in [1.82, 2.24) is 5.32 Å². The van der Waals surface area contributed by atoms with Crippen molar-refractivity contribution < 1.29 is 9.53 Å². The van der Waals surface area contributed by atoms with Gasteiger partial charge in [-0.15, -0.1) is 12.4 Å². The van der Waals surface area contributed by atoms with E-state index in [1.165, 1.54) is 28.8 Å². The molecule has 4 nitrogen and oxygen atoms in total. The number of fused-ring (bicyclic) bond motifs is 1. The highest BCUT2D eigenvalue weighted by atomic mass is 35.5. The number of carbonyl (C=O) groups excluding carboxylic acids is 1. The van der Waals surface area contributed by atoms with Crippen LogP contribution >= 0.6 is 12.4 Å². The smallest absolute Gasteiger partial charge is 0.221 e. The highest BCUT2D eigenvalue weighted by Gasteiger charge is 2.27. The molecule has 1 fully saturated rings. The van der Waals surface area contributed by atoms with Gasteiger partial charge in [0.1, 0.15) is 0 Å². The standard InChI is InChI=1S/C30H30N2O2.ClH/c1-21(33)32-28-11-5-9-26(18-28)25-8-4-10-27(17-25)29-14-15-31-19-30(29)34-20-22-12-13-23-6-2-3-7-24(23)16-22;/h2-13,16-18,29-31H,14-15,19-20H2,1H3,(H,32,33);1H. The minimum absolute atomic E-state index is 0. The monoisotopic (exact) mass is 486 g/mol. The van der Waals surface area contributed by atoms with E-state index in [4.69, 9.17) is 4.74 Å². The fraction of sp³-hybridized carbons (Fsp3) is 0.233. The second kappa shape index (κ2) is 11.5. The summed E-state index contributed by atoms with van der Waals surface area (Å²) in [5.41, 5.74) is 5.56. The Morgan fingerprint density at radius 1 is 0.914 bits per heavy atom. The molecule has 35 heavy (non-hydrogen) atoms. The summed E-state index contributed by atoms with van der Waals surface area (Å²) in [5.74, 6) is 0.271. The van der Waals surface area contributed by atoms with Gasteiger partial charge in [0.25, 0.3) is 0 Å².